The fourth-order valence-corrected chi connectivity index (χ4v) is 5.05. The largest absolute Gasteiger partial charge is 0.489 e. The minimum atomic E-state index is -0.648. The van der Waals surface area contributed by atoms with Gasteiger partial charge in [0.15, 0.2) is 0 Å². The van der Waals surface area contributed by atoms with Crippen LogP contribution in [0.4, 0.5) is 0 Å². The molecule has 3 N–H and O–H groups in total. The zero-order valence-electron chi connectivity index (χ0n) is 26.1. The number of aliphatic hydroxyl groups is 1. The van der Waals surface area contributed by atoms with Crippen molar-refractivity contribution in [1.29, 1.82) is 0 Å². The van der Waals surface area contributed by atoms with E-state index in [1.54, 1.807) is 0 Å². The molecular formula is C37H44N2O7. The number of hydrogen-bond acceptors (Lipinski definition) is 7. The maximum Gasteiger partial charge on any atom is 0.305 e. The van der Waals surface area contributed by atoms with E-state index in [4.69, 9.17) is 14.2 Å². The van der Waals surface area contributed by atoms with Gasteiger partial charge >= 0.3 is 5.97 Å². The van der Waals surface area contributed by atoms with Crippen molar-refractivity contribution in [1.82, 2.24) is 10.6 Å². The van der Waals surface area contributed by atoms with Gasteiger partial charge in [0.2, 0.25) is 11.8 Å². The predicted molar refractivity (Wildman–Crippen MR) is 175 cm³/mol. The standard InChI is InChI=1S/C37H44N2O7/c40-23-32(21-28-17-19-34(20-18-28)45-25-30-13-7-4-8-14-30)38-35(41)22-31-15-9-1-2-10-16-36(42)46-27-33(39-37(31)43)26-44-24-29-11-5-3-6-12-29/h1,3-9,11-14,17-20,31-33,40H,2,10,15-16,21-27H2,(H,38,41)(H,39,43)/t31-,32+,33+/m1/s1. The molecule has 0 saturated carbocycles. The molecule has 9 heteroatoms. The van der Waals surface area contributed by atoms with Crippen LogP contribution < -0.4 is 15.4 Å². The number of carbonyl (C=O) groups excluding carboxylic acids is 3. The molecule has 1 aliphatic heterocycles. The maximum absolute atomic E-state index is 13.4. The summed E-state index contributed by atoms with van der Waals surface area (Å²) >= 11 is 0. The van der Waals surface area contributed by atoms with Gasteiger partial charge in [-0.2, -0.15) is 0 Å². The van der Waals surface area contributed by atoms with Crippen LogP contribution in [0.1, 0.15) is 48.8 Å². The van der Waals surface area contributed by atoms with Crippen LogP contribution in [-0.2, 0) is 43.5 Å². The number of carbonyl (C=O) groups is 3. The second-order valence-corrected chi connectivity index (χ2v) is 11.5. The molecule has 0 saturated heterocycles. The Labute approximate surface area is 271 Å². The average Bonchev–Trinajstić information content (AvgIpc) is 3.09. The van der Waals surface area contributed by atoms with Gasteiger partial charge in [0, 0.05) is 12.8 Å². The van der Waals surface area contributed by atoms with Crippen LogP contribution in [0.25, 0.3) is 0 Å². The summed E-state index contributed by atoms with van der Waals surface area (Å²) in [5.74, 6) is -0.897. The summed E-state index contributed by atoms with van der Waals surface area (Å²) in [6.07, 6.45) is 6.12. The summed E-state index contributed by atoms with van der Waals surface area (Å²) < 4.78 is 17.1. The molecule has 3 aromatic rings. The topological polar surface area (TPSA) is 123 Å². The number of nitrogens with one attached hydrogen (secondary N) is 2. The first-order valence-electron chi connectivity index (χ1n) is 15.9. The Morgan fingerprint density at radius 2 is 1.61 bits per heavy atom. The number of aliphatic hydroxyl groups excluding tert-OH is 1. The normalized spacial score (nSPS) is 18.2. The van der Waals surface area contributed by atoms with Gasteiger partial charge in [-0.3, -0.25) is 14.4 Å². The third kappa shape index (κ3) is 12.5. The molecular weight excluding hydrogens is 584 g/mol. The van der Waals surface area contributed by atoms with E-state index in [0.717, 1.165) is 22.4 Å². The first-order valence-corrected chi connectivity index (χ1v) is 15.9. The van der Waals surface area contributed by atoms with Gasteiger partial charge < -0.3 is 30.0 Å². The summed E-state index contributed by atoms with van der Waals surface area (Å²) in [5, 5.41) is 15.9. The number of hydrogen-bond donors (Lipinski definition) is 3. The fraction of sp³-hybridized carbons (Fsp3) is 0.378. The molecule has 0 spiro atoms. The van der Waals surface area contributed by atoms with Gasteiger partial charge in [0.1, 0.15) is 19.0 Å². The van der Waals surface area contributed by atoms with Crippen molar-refractivity contribution in [3.8, 4) is 5.75 Å². The Morgan fingerprint density at radius 3 is 2.30 bits per heavy atom. The van der Waals surface area contributed by atoms with E-state index >= 15 is 0 Å². The number of allylic oxidation sites excluding steroid dienone is 2. The number of amides is 2. The highest BCUT2D eigenvalue weighted by atomic mass is 16.5. The lowest BCUT2D eigenvalue weighted by Crippen LogP contribution is -2.46. The predicted octanol–water partition coefficient (Wildman–Crippen LogP) is 4.67. The smallest absolute Gasteiger partial charge is 0.305 e. The molecule has 9 nitrogen and oxygen atoms in total. The van der Waals surface area contributed by atoms with Crippen LogP contribution in [0.3, 0.4) is 0 Å². The Kier molecular flexibility index (Phi) is 14.3. The highest BCUT2D eigenvalue weighted by Gasteiger charge is 2.26. The first kappa shape index (κ1) is 34.4. The van der Waals surface area contributed by atoms with Crippen LogP contribution in [0, 0.1) is 5.92 Å². The van der Waals surface area contributed by atoms with Crippen LogP contribution in [0.5, 0.6) is 5.75 Å². The van der Waals surface area contributed by atoms with E-state index in [2.05, 4.69) is 10.6 Å². The molecule has 0 aliphatic carbocycles. The number of cyclic esters (lactones) is 1. The number of benzene rings is 3. The quantitative estimate of drug-likeness (QED) is 0.186. The van der Waals surface area contributed by atoms with Crippen LogP contribution in [-0.4, -0.2) is 54.8 Å². The zero-order valence-corrected chi connectivity index (χ0v) is 26.1. The summed E-state index contributed by atoms with van der Waals surface area (Å²) in [4.78, 5) is 38.7. The molecule has 0 unspecified atom stereocenters. The number of rotatable bonds is 13. The Hall–Kier alpha value is -4.47. The highest BCUT2D eigenvalue weighted by Crippen LogP contribution is 2.17. The Morgan fingerprint density at radius 1 is 0.913 bits per heavy atom. The minimum absolute atomic E-state index is 0.0195. The fourth-order valence-electron chi connectivity index (χ4n) is 5.05. The van der Waals surface area contributed by atoms with Gasteiger partial charge in [0.05, 0.1) is 37.8 Å². The zero-order chi connectivity index (χ0) is 32.4. The SMILES string of the molecule is O=C(C[C@H]1CC=CCCCC(=O)OC[C@H](COCc2ccccc2)NC1=O)N[C@H](CO)Cc1ccc(OCc2ccccc2)cc1. The summed E-state index contributed by atoms with van der Waals surface area (Å²) in [6, 6.07) is 26.0. The second kappa shape index (κ2) is 19.1. The van der Waals surface area contributed by atoms with E-state index in [-0.39, 0.29) is 50.4 Å². The van der Waals surface area contributed by atoms with E-state index in [1.165, 1.54) is 0 Å². The maximum atomic E-state index is 13.4. The Balaban J connectivity index is 1.31. The molecule has 0 bridgehead atoms. The van der Waals surface area contributed by atoms with Crippen LogP contribution in [0.2, 0.25) is 0 Å². The van der Waals surface area contributed by atoms with E-state index in [0.29, 0.717) is 38.9 Å². The van der Waals surface area contributed by atoms with E-state index in [9.17, 15) is 19.5 Å². The molecule has 1 aliphatic rings. The van der Waals surface area contributed by atoms with Crippen molar-refractivity contribution < 1.29 is 33.7 Å². The monoisotopic (exact) mass is 628 g/mol. The molecule has 0 aromatic heterocycles. The molecule has 0 radical (unpaired) electrons. The summed E-state index contributed by atoms with van der Waals surface area (Å²) in [6.45, 7) is 0.689. The Bertz CT molecular complexity index is 1380. The molecule has 0 fully saturated rings. The minimum Gasteiger partial charge on any atom is -0.489 e. The van der Waals surface area contributed by atoms with Crippen LogP contribution >= 0.6 is 0 Å². The molecule has 3 aromatic carbocycles. The lowest BCUT2D eigenvalue weighted by Gasteiger charge is -2.23. The van der Waals surface area contributed by atoms with Gasteiger partial charge in [0.25, 0.3) is 0 Å². The average molecular weight is 629 g/mol. The van der Waals surface area contributed by atoms with E-state index in [1.807, 2.05) is 97.1 Å². The molecule has 46 heavy (non-hydrogen) atoms. The van der Waals surface area contributed by atoms with Crippen molar-refractivity contribution >= 4 is 17.8 Å². The molecule has 2 amide bonds. The lowest BCUT2D eigenvalue weighted by molar-refractivity contribution is -0.146. The molecule has 4 rings (SSSR count). The van der Waals surface area contributed by atoms with Gasteiger partial charge in [-0.05, 0) is 54.5 Å². The van der Waals surface area contributed by atoms with Crippen molar-refractivity contribution in [2.24, 2.45) is 5.92 Å². The summed E-state index contributed by atoms with van der Waals surface area (Å²) in [7, 11) is 0. The van der Waals surface area contributed by atoms with E-state index < -0.39 is 18.0 Å². The third-order valence-corrected chi connectivity index (χ3v) is 7.60. The number of esters is 1. The first-order chi connectivity index (χ1) is 22.5. The molecule has 244 valence electrons. The lowest BCUT2D eigenvalue weighted by atomic mass is 9.98. The van der Waals surface area contributed by atoms with Crippen molar-refractivity contribution in [3.63, 3.8) is 0 Å². The molecule has 1 heterocycles. The van der Waals surface area contributed by atoms with Gasteiger partial charge in [-0.15, -0.1) is 0 Å². The highest BCUT2D eigenvalue weighted by molar-refractivity contribution is 5.86. The van der Waals surface area contributed by atoms with Crippen molar-refractivity contribution in [2.45, 2.75) is 63.8 Å². The number of ether oxygens (including phenoxy) is 3. The molecule has 3 atom stereocenters. The van der Waals surface area contributed by atoms with Crippen LogP contribution in [0.15, 0.2) is 97.1 Å². The second-order valence-electron chi connectivity index (χ2n) is 11.5. The van der Waals surface area contributed by atoms with Crippen molar-refractivity contribution in [3.05, 3.63) is 114 Å². The summed E-state index contributed by atoms with van der Waals surface area (Å²) in [5.41, 5.74) is 2.99. The van der Waals surface area contributed by atoms with Gasteiger partial charge in [-0.25, -0.2) is 0 Å². The third-order valence-electron chi connectivity index (χ3n) is 7.60. The van der Waals surface area contributed by atoms with Crippen molar-refractivity contribution in [2.75, 3.05) is 19.8 Å². The van der Waals surface area contributed by atoms with Gasteiger partial charge in [-0.1, -0.05) is 84.9 Å².